The molecule has 3 heterocycles. The predicted molar refractivity (Wildman–Crippen MR) is 107 cm³/mol. The van der Waals surface area contributed by atoms with E-state index in [4.69, 9.17) is 0 Å². The Morgan fingerprint density at radius 1 is 1.33 bits per heavy atom. The molecule has 1 aliphatic heterocycles. The number of fused-ring (bicyclic) bond motifs is 1. The van der Waals surface area contributed by atoms with Crippen LogP contribution >= 0.6 is 11.3 Å². The van der Waals surface area contributed by atoms with E-state index in [1.54, 1.807) is 35.9 Å². The summed E-state index contributed by atoms with van der Waals surface area (Å²) in [6, 6.07) is 3.49. The van der Waals surface area contributed by atoms with Crippen molar-refractivity contribution in [2.24, 2.45) is 5.92 Å². The number of nitrogens with one attached hydrogen (secondary N) is 1. The van der Waals surface area contributed by atoms with Gasteiger partial charge in [-0.15, -0.1) is 11.3 Å². The van der Waals surface area contributed by atoms with Crippen molar-refractivity contribution < 1.29 is 9.59 Å². The molecule has 2 aromatic heterocycles. The Kier molecular flexibility index (Phi) is 5.25. The minimum atomic E-state index is -0.205. The summed E-state index contributed by atoms with van der Waals surface area (Å²) in [7, 11) is 0. The van der Waals surface area contributed by atoms with Gasteiger partial charge in [0.2, 0.25) is 0 Å². The number of rotatable bonds is 4. The molecule has 0 saturated carbocycles. The summed E-state index contributed by atoms with van der Waals surface area (Å²) in [6.07, 6.45) is 9.57. The van der Waals surface area contributed by atoms with E-state index in [0.29, 0.717) is 16.5 Å². The molecule has 0 spiro atoms. The predicted octanol–water partition coefficient (Wildman–Crippen LogP) is 4.15. The van der Waals surface area contributed by atoms with Crippen LogP contribution in [0.1, 0.15) is 63.8 Å². The molecule has 1 atom stereocenters. The third-order valence-electron chi connectivity index (χ3n) is 5.69. The summed E-state index contributed by atoms with van der Waals surface area (Å²) < 4.78 is 0. The normalized spacial score (nSPS) is 19.0. The largest absolute Gasteiger partial charge is 0.338 e. The van der Waals surface area contributed by atoms with Gasteiger partial charge >= 0.3 is 0 Å². The van der Waals surface area contributed by atoms with Crippen molar-refractivity contribution in [3.05, 3.63) is 46.1 Å². The Bertz CT molecular complexity index is 847. The average Bonchev–Trinajstić information content (AvgIpc) is 3.32. The van der Waals surface area contributed by atoms with Gasteiger partial charge in [0.05, 0.1) is 11.1 Å². The lowest BCUT2D eigenvalue weighted by atomic mass is 9.95. The van der Waals surface area contributed by atoms with E-state index in [-0.39, 0.29) is 11.8 Å². The number of nitrogens with zero attached hydrogens (tertiary/aromatic N) is 2. The molecular formula is C21H25N3O2S. The Morgan fingerprint density at radius 3 is 2.93 bits per heavy atom. The van der Waals surface area contributed by atoms with Crippen LogP contribution in [0.3, 0.4) is 0 Å². The Balaban J connectivity index is 1.64. The van der Waals surface area contributed by atoms with Crippen molar-refractivity contribution in [1.29, 1.82) is 0 Å². The number of thiophene rings is 1. The number of likely N-dealkylation sites (tertiary alicyclic amines) is 1. The third kappa shape index (κ3) is 3.63. The van der Waals surface area contributed by atoms with Crippen LogP contribution in [0.25, 0.3) is 0 Å². The Morgan fingerprint density at radius 2 is 2.19 bits per heavy atom. The van der Waals surface area contributed by atoms with E-state index >= 15 is 0 Å². The van der Waals surface area contributed by atoms with Crippen LogP contribution in [-0.2, 0) is 12.8 Å². The molecule has 2 aromatic rings. The molecule has 6 heteroatoms. The number of hydrogen-bond acceptors (Lipinski definition) is 4. The fourth-order valence-corrected chi connectivity index (χ4v) is 5.34. The fourth-order valence-electron chi connectivity index (χ4n) is 4.06. The maximum Gasteiger partial charge on any atom is 0.257 e. The number of anilines is 1. The van der Waals surface area contributed by atoms with Crippen LogP contribution in [0.4, 0.5) is 5.00 Å². The van der Waals surface area contributed by atoms with Crippen LogP contribution in [0.5, 0.6) is 0 Å². The van der Waals surface area contributed by atoms with Crippen LogP contribution in [-0.4, -0.2) is 34.8 Å². The molecule has 2 amide bonds. The molecule has 2 aliphatic rings. The summed E-state index contributed by atoms with van der Waals surface area (Å²) in [4.78, 5) is 33.3. The summed E-state index contributed by atoms with van der Waals surface area (Å²) in [5.41, 5.74) is 2.41. The molecule has 4 rings (SSSR count). The fraction of sp³-hybridized carbons (Fsp3) is 0.476. The summed E-state index contributed by atoms with van der Waals surface area (Å²) in [5, 5.41) is 3.71. The van der Waals surface area contributed by atoms with E-state index < -0.39 is 0 Å². The van der Waals surface area contributed by atoms with Crippen LogP contribution in [0.15, 0.2) is 24.5 Å². The second-order valence-corrected chi connectivity index (χ2v) is 8.53. The monoisotopic (exact) mass is 383 g/mol. The standard InChI is InChI=1S/C21H25N3O2S/c1-2-14-9-11-24(13-14)21(26)18-16-7-3-4-8-17(16)27-20(18)23-19(25)15-6-5-10-22-12-15/h5-6,10,12,14H,2-4,7-9,11,13H2,1H3,(H,23,25). The van der Waals surface area contributed by atoms with E-state index in [9.17, 15) is 9.59 Å². The molecular weight excluding hydrogens is 358 g/mol. The minimum absolute atomic E-state index is 0.0897. The maximum absolute atomic E-state index is 13.3. The van der Waals surface area contributed by atoms with Gasteiger partial charge in [-0.2, -0.15) is 0 Å². The molecule has 142 valence electrons. The van der Waals surface area contributed by atoms with Crippen LogP contribution in [0, 0.1) is 5.92 Å². The van der Waals surface area contributed by atoms with Gasteiger partial charge in [-0.05, 0) is 55.7 Å². The second kappa shape index (κ2) is 7.80. The van der Waals surface area contributed by atoms with Crippen LogP contribution < -0.4 is 5.32 Å². The maximum atomic E-state index is 13.3. The topological polar surface area (TPSA) is 62.3 Å². The molecule has 1 unspecified atom stereocenters. The zero-order chi connectivity index (χ0) is 18.8. The number of aryl methyl sites for hydroxylation is 1. The summed E-state index contributed by atoms with van der Waals surface area (Å²) in [5.74, 6) is 0.479. The first-order valence-corrected chi connectivity index (χ1v) is 10.6. The van der Waals surface area contributed by atoms with Gasteiger partial charge in [0.1, 0.15) is 5.00 Å². The van der Waals surface area contributed by atoms with Gasteiger partial charge in [-0.25, -0.2) is 0 Å². The molecule has 0 radical (unpaired) electrons. The highest BCUT2D eigenvalue weighted by Gasteiger charge is 2.32. The first-order chi connectivity index (χ1) is 13.2. The van der Waals surface area contributed by atoms with Gasteiger partial charge in [0, 0.05) is 30.4 Å². The number of aromatic nitrogens is 1. The van der Waals surface area contributed by atoms with E-state index in [2.05, 4.69) is 17.2 Å². The van der Waals surface area contributed by atoms with Crippen LogP contribution in [0.2, 0.25) is 0 Å². The Hall–Kier alpha value is -2.21. The number of hydrogen-bond donors (Lipinski definition) is 1. The van der Waals surface area contributed by atoms with Gasteiger partial charge < -0.3 is 10.2 Å². The first-order valence-electron chi connectivity index (χ1n) is 9.82. The highest BCUT2D eigenvalue weighted by atomic mass is 32.1. The molecule has 1 N–H and O–H groups in total. The third-order valence-corrected chi connectivity index (χ3v) is 6.89. The quantitative estimate of drug-likeness (QED) is 0.863. The molecule has 1 fully saturated rings. The smallest absolute Gasteiger partial charge is 0.257 e. The second-order valence-electron chi connectivity index (χ2n) is 7.42. The van der Waals surface area contributed by atoms with Gasteiger partial charge in [-0.1, -0.05) is 13.3 Å². The minimum Gasteiger partial charge on any atom is -0.338 e. The lowest BCUT2D eigenvalue weighted by molar-refractivity contribution is 0.0787. The van der Waals surface area contributed by atoms with Crippen molar-refractivity contribution >= 4 is 28.2 Å². The summed E-state index contributed by atoms with van der Waals surface area (Å²) >= 11 is 1.58. The van der Waals surface area contributed by atoms with Gasteiger partial charge in [0.15, 0.2) is 0 Å². The average molecular weight is 384 g/mol. The summed E-state index contributed by atoms with van der Waals surface area (Å²) in [6.45, 7) is 3.83. The Labute approximate surface area is 163 Å². The molecule has 0 bridgehead atoms. The zero-order valence-electron chi connectivity index (χ0n) is 15.7. The van der Waals surface area contributed by atoms with E-state index in [0.717, 1.165) is 62.7 Å². The zero-order valence-corrected chi connectivity index (χ0v) is 16.5. The lowest BCUT2D eigenvalue weighted by Gasteiger charge is -2.19. The number of pyridine rings is 1. The van der Waals surface area contributed by atoms with Crippen molar-refractivity contribution in [1.82, 2.24) is 9.88 Å². The number of amides is 2. The van der Waals surface area contributed by atoms with Crippen molar-refractivity contribution in [3.8, 4) is 0 Å². The molecule has 1 saturated heterocycles. The van der Waals surface area contributed by atoms with Gasteiger partial charge in [-0.3, -0.25) is 14.6 Å². The first kappa shape index (κ1) is 18.2. The highest BCUT2D eigenvalue weighted by molar-refractivity contribution is 7.17. The van der Waals surface area contributed by atoms with Crippen molar-refractivity contribution in [2.75, 3.05) is 18.4 Å². The SMILES string of the molecule is CCC1CCN(C(=O)c2c(NC(=O)c3cccnc3)sc3c2CCCC3)C1. The molecule has 0 aromatic carbocycles. The van der Waals surface area contributed by atoms with Crippen molar-refractivity contribution in [2.45, 2.75) is 45.4 Å². The highest BCUT2D eigenvalue weighted by Crippen LogP contribution is 2.39. The van der Waals surface area contributed by atoms with E-state index in [1.165, 1.54) is 4.88 Å². The molecule has 5 nitrogen and oxygen atoms in total. The number of carbonyl (C=O) groups is 2. The van der Waals surface area contributed by atoms with E-state index in [1.807, 2.05) is 4.90 Å². The number of carbonyl (C=O) groups excluding carboxylic acids is 2. The molecule has 27 heavy (non-hydrogen) atoms. The molecule has 1 aliphatic carbocycles. The lowest BCUT2D eigenvalue weighted by Crippen LogP contribution is -2.30. The van der Waals surface area contributed by atoms with Gasteiger partial charge in [0.25, 0.3) is 11.8 Å². The van der Waals surface area contributed by atoms with Crippen molar-refractivity contribution in [3.63, 3.8) is 0 Å².